The maximum atomic E-state index is 12.7. The summed E-state index contributed by atoms with van der Waals surface area (Å²) in [6, 6.07) is 3.67. The monoisotopic (exact) mass is 433 g/mol. The van der Waals surface area contributed by atoms with E-state index in [0.29, 0.717) is 23.3 Å². The van der Waals surface area contributed by atoms with Gasteiger partial charge in [0, 0.05) is 43.1 Å². The van der Waals surface area contributed by atoms with Crippen LogP contribution in [0.1, 0.15) is 57.6 Å². The number of aromatic amines is 1. The van der Waals surface area contributed by atoms with E-state index in [1.807, 2.05) is 17.0 Å². The normalized spacial score (nSPS) is 20.6. The average molecular weight is 434 g/mol. The summed E-state index contributed by atoms with van der Waals surface area (Å²) in [5, 5.41) is 19.9. The fourth-order valence-electron chi connectivity index (χ4n) is 5.09. The number of rotatable bonds is 5. The largest absolute Gasteiger partial charge is 0.388 e. The lowest BCUT2D eigenvalue weighted by Gasteiger charge is -2.43. The quantitative estimate of drug-likeness (QED) is 0.735. The smallest absolute Gasteiger partial charge is 0.222 e. The molecule has 1 unspecified atom stereocenters. The topological polar surface area (TPSA) is 78.5 Å². The molecular formula is C23H32ClN3O3. The van der Waals surface area contributed by atoms with Crippen LogP contribution in [0.2, 0.25) is 5.02 Å². The highest BCUT2D eigenvalue weighted by molar-refractivity contribution is 6.31. The van der Waals surface area contributed by atoms with Crippen LogP contribution >= 0.6 is 11.6 Å². The van der Waals surface area contributed by atoms with Crippen molar-refractivity contribution in [1.82, 2.24) is 15.1 Å². The summed E-state index contributed by atoms with van der Waals surface area (Å²) in [5.74, 6) is 1.05. The Balaban J connectivity index is 1.40. The van der Waals surface area contributed by atoms with E-state index in [2.05, 4.69) is 24.0 Å². The zero-order valence-corrected chi connectivity index (χ0v) is 18.6. The van der Waals surface area contributed by atoms with E-state index in [-0.39, 0.29) is 11.3 Å². The van der Waals surface area contributed by atoms with Gasteiger partial charge in [0.2, 0.25) is 5.91 Å². The van der Waals surface area contributed by atoms with Gasteiger partial charge in [-0.25, -0.2) is 0 Å². The fraction of sp³-hybridized carbons (Fsp3) is 0.652. The van der Waals surface area contributed by atoms with Gasteiger partial charge in [-0.2, -0.15) is 5.10 Å². The van der Waals surface area contributed by atoms with Gasteiger partial charge in [0.25, 0.3) is 0 Å². The van der Waals surface area contributed by atoms with Gasteiger partial charge >= 0.3 is 0 Å². The Morgan fingerprint density at radius 2 is 2.00 bits per heavy atom. The molecule has 0 aliphatic carbocycles. The summed E-state index contributed by atoms with van der Waals surface area (Å²) in [4.78, 5) is 14.8. The van der Waals surface area contributed by atoms with Gasteiger partial charge in [-0.15, -0.1) is 0 Å². The van der Waals surface area contributed by atoms with E-state index in [0.717, 1.165) is 68.5 Å². The molecule has 30 heavy (non-hydrogen) atoms. The highest BCUT2D eigenvalue weighted by Crippen LogP contribution is 2.46. The molecule has 2 aromatic rings. The number of nitrogens with zero attached hydrogens (tertiary/aromatic N) is 2. The van der Waals surface area contributed by atoms with Crippen LogP contribution in [-0.4, -0.2) is 52.4 Å². The molecule has 7 heteroatoms. The van der Waals surface area contributed by atoms with Crippen LogP contribution < -0.4 is 0 Å². The second-order valence-corrected chi connectivity index (χ2v) is 9.90. The minimum atomic E-state index is -0.661. The summed E-state index contributed by atoms with van der Waals surface area (Å²) in [7, 11) is 0. The van der Waals surface area contributed by atoms with Gasteiger partial charge in [0.15, 0.2) is 0 Å². The van der Waals surface area contributed by atoms with E-state index in [1.54, 1.807) is 6.20 Å². The van der Waals surface area contributed by atoms with Crippen molar-refractivity contribution in [2.45, 2.75) is 52.1 Å². The molecule has 1 aromatic carbocycles. The van der Waals surface area contributed by atoms with Crippen LogP contribution in [0.5, 0.6) is 0 Å². The first-order valence-corrected chi connectivity index (χ1v) is 11.4. The maximum absolute atomic E-state index is 12.7. The predicted octanol–water partition coefficient (Wildman–Crippen LogP) is 4.33. The molecule has 1 aromatic heterocycles. The molecule has 2 N–H and O–H groups in total. The van der Waals surface area contributed by atoms with Crippen molar-refractivity contribution in [2.75, 3.05) is 26.3 Å². The van der Waals surface area contributed by atoms with E-state index in [9.17, 15) is 9.90 Å². The summed E-state index contributed by atoms with van der Waals surface area (Å²) in [6.07, 6.45) is 5.51. The minimum absolute atomic E-state index is 0.272. The number of amides is 1. The molecule has 2 aliphatic heterocycles. The summed E-state index contributed by atoms with van der Waals surface area (Å²) < 4.78 is 5.40. The molecule has 6 nitrogen and oxygen atoms in total. The van der Waals surface area contributed by atoms with Gasteiger partial charge in [0.05, 0.1) is 17.8 Å². The molecule has 164 valence electrons. The number of halogens is 1. The number of aromatic nitrogens is 2. The van der Waals surface area contributed by atoms with E-state index in [1.165, 1.54) is 0 Å². The Morgan fingerprint density at radius 1 is 1.30 bits per heavy atom. The molecular weight excluding hydrogens is 402 g/mol. The molecule has 2 saturated heterocycles. The van der Waals surface area contributed by atoms with Gasteiger partial charge in [0.1, 0.15) is 0 Å². The Kier molecular flexibility index (Phi) is 6.37. The molecule has 2 fully saturated rings. The van der Waals surface area contributed by atoms with Crippen LogP contribution in [0.25, 0.3) is 10.9 Å². The van der Waals surface area contributed by atoms with Crippen LogP contribution in [0.4, 0.5) is 0 Å². The Morgan fingerprint density at radius 3 is 2.70 bits per heavy atom. The predicted molar refractivity (Wildman–Crippen MR) is 117 cm³/mol. The van der Waals surface area contributed by atoms with Crippen molar-refractivity contribution < 1.29 is 14.6 Å². The summed E-state index contributed by atoms with van der Waals surface area (Å²) in [6.45, 7) is 7.32. The van der Waals surface area contributed by atoms with Gasteiger partial charge in [-0.05, 0) is 60.6 Å². The third-order valence-electron chi connectivity index (χ3n) is 7.26. The number of hydrogen-bond donors (Lipinski definition) is 2. The second kappa shape index (κ2) is 8.85. The van der Waals surface area contributed by atoms with Crippen molar-refractivity contribution in [3.63, 3.8) is 0 Å². The molecule has 0 saturated carbocycles. The number of nitrogens with one attached hydrogen (secondary N) is 1. The van der Waals surface area contributed by atoms with Crippen molar-refractivity contribution >= 4 is 28.4 Å². The molecule has 3 heterocycles. The number of likely N-dealkylation sites (tertiary alicyclic amines) is 1. The zero-order valence-electron chi connectivity index (χ0n) is 17.9. The first kappa shape index (κ1) is 21.6. The first-order valence-electron chi connectivity index (χ1n) is 11.0. The molecule has 1 amide bonds. The highest BCUT2D eigenvalue weighted by atomic mass is 35.5. The van der Waals surface area contributed by atoms with Crippen molar-refractivity contribution in [3.05, 3.63) is 28.9 Å². The lowest BCUT2D eigenvalue weighted by atomic mass is 9.68. The summed E-state index contributed by atoms with van der Waals surface area (Å²) in [5.41, 5.74) is 1.31. The standard InChI is InChI=1S/C23H32ClN3O3/c1-23(2,22(29)18-12-17(24)13-20-19(18)14-25-26-20)16-3-7-27(8-4-16)21(28)11-15-5-9-30-10-6-15/h12-16,22,29H,3-11H2,1-2H3,(H,25,26). The molecule has 0 bridgehead atoms. The molecule has 4 rings (SSSR count). The number of carbonyl (C=O) groups is 1. The number of piperidine rings is 1. The lowest BCUT2D eigenvalue weighted by Crippen LogP contribution is -2.44. The first-order chi connectivity index (χ1) is 14.4. The SMILES string of the molecule is CC(C)(C1CCN(C(=O)CC2CCOCC2)CC1)C(O)c1cc(Cl)cc2[nH]ncc12. The van der Waals surface area contributed by atoms with Crippen molar-refractivity contribution in [3.8, 4) is 0 Å². The van der Waals surface area contributed by atoms with Crippen molar-refractivity contribution in [2.24, 2.45) is 17.3 Å². The highest BCUT2D eigenvalue weighted by Gasteiger charge is 2.40. The number of fused-ring (bicyclic) bond motifs is 1. The number of aliphatic hydroxyl groups excluding tert-OH is 1. The third-order valence-corrected chi connectivity index (χ3v) is 7.48. The fourth-order valence-corrected chi connectivity index (χ4v) is 5.32. The van der Waals surface area contributed by atoms with Crippen LogP contribution in [-0.2, 0) is 9.53 Å². The minimum Gasteiger partial charge on any atom is -0.388 e. The summed E-state index contributed by atoms with van der Waals surface area (Å²) >= 11 is 6.28. The number of hydrogen-bond acceptors (Lipinski definition) is 4. The van der Waals surface area contributed by atoms with E-state index in [4.69, 9.17) is 16.3 Å². The molecule has 0 spiro atoms. The zero-order chi connectivity index (χ0) is 21.3. The van der Waals surface area contributed by atoms with E-state index >= 15 is 0 Å². The molecule has 1 atom stereocenters. The Labute approximate surface area is 182 Å². The Bertz CT molecular complexity index is 883. The van der Waals surface area contributed by atoms with Gasteiger partial charge in [-0.3, -0.25) is 9.89 Å². The number of benzene rings is 1. The van der Waals surface area contributed by atoms with Crippen LogP contribution in [0, 0.1) is 17.3 Å². The maximum Gasteiger partial charge on any atom is 0.222 e. The van der Waals surface area contributed by atoms with Gasteiger partial charge in [-0.1, -0.05) is 25.4 Å². The van der Waals surface area contributed by atoms with Crippen LogP contribution in [0.3, 0.4) is 0 Å². The number of aliphatic hydroxyl groups is 1. The third kappa shape index (κ3) is 4.36. The van der Waals surface area contributed by atoms with Crippen molar-refractivity contribution in [1.29, 1.82) is 0 Å². The lowest BCUT2D eigenvalue weighted by molar-refractivity contribution is -0.135. The number of ether oxygens (including phenoxy) is 1. The Hall–Kier alpha value is -1.63. The van der Waals surface area contributed by atoms with Gasteiger partial charge < -0.3 is 14.7 Å². The number of H-pyrrole nitrogens is 1. The van der Waals surface area contributed by atoms with E-state index < -0.39 is 6.10 Å². The average Bonchev–Trinajstić information content (AvgIpc) is 3.21. The second-order valence-electron chi connectivity index (χ2n) is 9.47. The molecule has 2 aliphatic rings. The number of carbonyl (C=O) groups excluding carboxylic acids is 1. The van der Waals surface area contributed by atoms with Crippen LogP contribution in [0.15, 0.2) is 18.3 Å². The molecule has 0 radical (unpaired) electrons.